The molecule has 0 bridgehead atoms. The predicted octanol–water partition coefficient (Wildman–Crippen LogP) is 1.30. The molecule has 2 N–H and O–H groups in total. The number of nitrogens with one attached hydrogen (secondary N) is 1. The number of aryl methyl sites for hydroxylation is 1. The van der Waals surface area contributed by atoms with Crippen LogP contribution in [0.25, 0.3) is 0 Å². The normalized spacial score (nSPS) is 11.6. The summed E-state index contributed by atoms with van der Waals surface area (Å²) in [5, 5.41) is 15.5. The molecule has 1 amide bonds. The van der Waals surface area contributed by atoms with E-state index in [2.05, 4.69) is 29.3 Å². The molecule has 0 atom stereocenters. The molecule has 0 saturated heterocycles. The van der Waals surface area contributed by atoms with Crippen molar-refractivity contribution in [1.82, 2.24) is 15.5 Å². The van der Waals surface area contributed by atoms with Crippen molar-refractivity contribution < 1.29 is 14.4 Å². The standard InChI is InChI=1S/C12H21N3O3/c1-4-12(5-2,6-7-16)8-13-11(17)10-14-9(3)18-15-10/h16H,4-8H2,1-3H3,(H,13,17). The minimum atomic E-state index is -0.337. The van der Waals surface area contributed by atoms with Gasteiger partial charge < -0.3 is 14.9 Å². The maximum absolute atomic E-state index is 11.8. The molecule has 6 heteroatoms. The maximum atomic E-state index is 11.8. The fourth-order valence-electron chi connectivity index (χ4n) is 1.92. The average molecular weight is 255 g/mol. The Morgan fingerprint density at radius 2 is 2.11 bits per heavy atom. The van der Waals surface area contributed by atoms with Crippen molar-refractivity contribution >= 4 is 5.91 Å². The summed E-state index contributed by atoms with van der Waals surface area (Å²) < 4.78 is 4.76. The summed E-state index contributed by atoms with van der Waals surface area (Å²) in [6.45, 7) is 6.39. The number of aliphatic hydroxyl groups excluding tert-OH is 1. The second kappa shape index (κ2) is 6.49. The molecular formula is C12H21N3O3. The highest BCUT2D eigenvalue weighted by atomic mass is 16.5. The van der Waals surface area contributed by atoms with Gasteiger partial charge in [-0.3, -0.25) is 4.79 Å². The molecule has 18 heavy (non-hydrogen) atoms. The van der Waals surface area contributed by atoms with E-state index < -0.39 is 0 Å². The van der Waals surface area contributed by atoms with Crippen LogP contribution in [0, 0.1) is 12.3 Å². The van der Waals surface area contributed by atoms with E-state index in [1.54, 1.807) is 6.92 Å². The van der Waals surface area contributed by atoms with Crippen LogP contribution in [0.4, 0.5) is 0 Å². The van der Waals surface area contributed by atoms with Crippen LogP contribution in [0.3, 0.4) is 0 Å². The third-order valence-electron chi connectivity index (χ3n) is 3.50. The van der Waals surface area contributed by atoms with Crippen molar-refractivity contribution in [2.45, 2.75) is 40.0 Å². The Labute approximate surface area is 107 Å². The van der Waals surface area contributed by atoms with Crippen molar-refractivity contribution in [1.29, 1.82) is 0 Å². The molecule has 1 aromatic rings. The van der Waals surface area contributed by atoms with Gasteiger partial charge >= 0.3 is 0 Å². The fraction of sp³-hybridized carbons (Fsp3) is 0.750. The van der Waals surface area contributed by atoms with Crippen LogP contribution in [0.1, 0.15) is 49.6 Å². The minimum Gasteiger partial charge on any atom is -0.396 e. The highest BCUT2D eigenvalue weighted by Crippen LogP contribution is 2.29. The molecule has 1 heterocycles. The van der Waals surface area contributed by atoms with Gasteiger partial charge in [-0.15, -0.1) is 0 Å². The molecule has 0 fully saturated rings. The van der Waals surface area contributed by atoms with Crippen molar-refractivity contribution in [3.05, 3.63) is 11.7 Å². The van der Waals surface area contributed by atoms with Crippen molar-refractivity contribution in [3.8, 4) is 0 Å². The van der Waals surface area contributed by atoms with Gasteiger partial charge in [-0.05, 0) is 24.7 Å². The highest BCUT2D eigenvalue weighted by Gasteiger charge is 2.27. The van der Waals surface area contributed by atoms with E-state index in [9.17, 15) is 4.79 Å². The summed E-state index contributed by atoms with van der Waals surface area (Å²) in [5.41, 5.74) is -0.0663. The Hall–Kier alpha value is -1.43. The first-order valence-electron chi connectivity index (χ1n) is 6.26. The zero-order valence-electron chi connectivity index (χ0n) is 11.2. The van der Waals surface area contributed by atoms with E-state index in [0.717, 1.165) is 12.8 Å². The van der Waals surface area contributed by atoms with Crippen molar-refractivity contribution in [2.24, 2.45) is 5.41 Å². The summed E-state index contributed by atoms with van der Waals surface area (Å²) in [6, 6.07) is 0. The first-order chi connectivity index (χ1) is 8.56. The molecule has 102 valence electrons. The van der Waals surface area contributed by atoms with Gasteiger partial charge in [0.1, 0.15) is 0 Å². The Bertz CT molecular complexity index is 386. The van der Waals surface area contributed by atoms with Gasteiger partial charge in [0.2, 0.25) is 5.89 Å². The molecule has 0 aliphatic heterocycles. The molecule has 0 radical (unpaired) electrons. The van der Waals surface area contributed by atoms with E-state index >= 15 is 0 Å². The lowest BCUT2D eigenvalue weighted by Gasteiger charge is -2.31. The number of aliphatic hydroxyl groups is 1. The molecule has 0 spiro atoms. The summed E-state index contributed by atoms with van der Waals surface area (Å²) >= 11 is 0. The summed E-state index contributed by atoms with van der Waals surface area (Å²) in [5.74, 6) is 0.0847. The van der Waals surface area contributed by atoms with Gasteiger partial charge in [0.15, 0.2) is 0 Å². The smallest absolute Gasteiger partial charge is 0.292 e. The van der Waals surface area contributed by atoms with E-state index in [4.69, 9.17) is 9.63 Å². The third-order valence-corrected chi connectivity index (χ3v) is 3.50. The predicted molar refractivity (Wildman–Crippen MR) is 66.1 cm³/mol. The number of amides is 1. The van der Waals surface area contributed by atoms with Crippen LogP contribution in [0.5, 0.6) is 0 Å². The van der Waals surface area contributed by atoms with Crippen molar-refractivity contribution in [3.63, 3.8) is 0 Å². The van der Waals surface area contributed by atoms with E-state index in [1.165, 1.54) is 0 Å². The van der Waals surface area contributed by atoms with Crippen LogP contribution >= 0.6 is 0 Å². The zero-order valence-corrected chi connectivity index (χ0v) is 11.2. The number of carbonyl (C=O) groups excluding carboxylic acids is 1. The van der Waals surface area contributed by atoms with Gasteiger partial charge in [-0.1, -0.05) is 19.0 Å². The minimum absolute atomic E-state index is 0.0533. The molecule has 0 unspecified atom stereocenters. The highest BCUT2D eigenvalue weighted by molar-refractivity contribution is 5.90. The van der Waals surface area contributed by atoms with E-state index in [1.807, 2.05) is 0 Å². The number of nitrogens with zero attached hydrogens (tertiary/aromatic N) is 2. The lowest BCUT2D eigenvalue weighted by Crippen LogP contribution is -2.38. The Balaban J connectivity index is 2.59. The second-order valence-electron chi connectivity index (χ2n) is 4.50. The fourth-order valence-corrected chi connectivity index (χ4v) is 1.92. The zero-order chi connectivity index (χ0) is 13.6. The van der Waals surface area contributed by atoms with Gasteiger partial charge in [0, 0.05) is 20.1 Å². The Kier molecular flexibility index (Phi) is 5.27. The number of aromatic nitrogens is 2. The lowest BCUT2D eigenvalue weighted by molar-refractivity contribution is 0.0894. The van der Waals surface area contributed by atoms with E-state index in [0.29, 0.717) is 18.9 Å². The van der Waals surface area contributed by atoms with Crippen LogP contribution in [0.15, 0.2) is 4.52 Å². The topological polar surface area (TPSA) is 88.2 Å². The number of rotatable bonds is 7. The SMILES string of the molecule is CCC(CC)(CCO)CNC(=O)c1noc(C)n1. The molecule has 0 aliphatic carbocycles. The number of hydrogen-bond donors (Lipinski definition) is 2. The first-order valence-corrected chi connectivity index (χ1v) is 6.26. The van der Waals surface area contributed by atoms with Crippen LogP contribution in [-0.2, 0) is 0 Å². The van der Waals surface area contributed by atoms with Gasteiger partial charge in [0.05, 0.1) is 0 Å². The Morgan fingerprint density at radius 1 is 1.44 bits per heavy atom. The molecule has 0 saturated carbocycles. The lowest BCUT2D eigenvalue weighted by atomic mass is 9.79. The third kappa shape index (κ3) is 3.53. The molecule has 1 rings (SSSR count). The Morgan fingerprint density at radius 3 is 2.56 bits per heavy atom. The summed E-state index contributed by atoms with van der Waals surface area (Å²) in [4.78, 5) is 15.7. The largest absolute Gasteiger partial charge is 0.396 e. The van der Waals surface area contributed by atoms with Gasteiger partial charge in [-0.2, -0.15) is 4.98 Å². The maximum Gasteiger partial charge on any atom is 0.292 e. The molecule has 1 aromatic heterocycles. The summed E-state index contributed by atoms with van der Waals surface area (Å²) in [6.07, 6.45) is 2.47. The molecule has 6 nitrogen and oxygen atoms in total. The molecule has 0 aromatic carbocycles. The average Bonchev–Trinajstić information content (AvgIpc) is 2.81. The van der Waals surface area contributed by atoms with Crippen LogP contribution in [-0.4, -0.2) is 34.3 Å². The van der Waals surface area contributed by atoms with Gasteiger partial charge in [-0.25, -0.2) is 0 Å². The first kappa shape index (κ1) is 14.6. The van der Waals surface area contributed by atoms with Gasteiger partial charge in [0.25, 0.3) is 11.7 Å². The van der Waals surface area contributed by atoms with E-state index in [-0.39, 0.29) is 23.8 Å². The summed E-state index contributed by atoms with van der Waals surface area (Å²) in [7, 11) is 0. The molecular weight excluding hydrogens is 234 g/mol. The van der Waals surface area contributed by atoms with Crippen LogP contribution in [0.2, 0.25) is 0 Å². The molecule has 0 aliphatic rings. The van der Waals surface area contributed by atoms with Crippen LogP contribution < -0.4 is 5.32 Å². The second-order valence-corrected chi connectivity index (χ2v) is 4.50. The van der Waals surface area contributed by atoms with Crippen molar-refractivity contribution in [2.75, 3.05) is 13.2 Å². The monoisotopic (exact) mass is 255 g/mol. The number of hydrogen-bond acceptors (Lipinski definition) is 5. The quantitative estimate of drug-likeness (QED) is 0.766. The number of carbonyl (C=O) groups is 1.